The average molecular weight is 520 g/mol. The lowest BCUT2D eigenvalue weighted by Gasteiger charge is -2.35. The Morgan fingerprint density at radius 2 is 1.68 bits per heavy atom. The average Bonchev–Trinajstić information content (AvgIpc) is 3.33. The molecule has 0 aliphatic carbocycles. The van der Waals surface area contributed by atoms with Crippen molar-refractivity contribution < 1.29 is 19.4 Å². The summed E-state index contributed by atoms with van der Waals surface area (Å²) in [7, 11) is 3.32. The molecule has 204 valence electrons. The molecule has 5 rings (SSSR count). The molecule has 2 saturated heterocycles. The summed E-state index contributed by atoms with van der Waals surface area (Å²) in [5, 5.41) is 11.0. The highest BCUT2D eigenvalue weighted by Crippen LogP contribution is 2.40. The molecule has 2 aliphatic rings. The topological polar surface area (TPSA) is 78.0 Å². The van der Waals surface area contributed by atoms with Crippen molar-refractivity contribution in [2.45, 2.75) is 57.5 Å². The number of benzene rings is 2. The van der Waals surface area contributed by atoms with Gasteiger partial charge in [0.1, 0.15) is 0 Å². The lowest BCUT2D eigenvalue weighted by Crippen LogP contribution is -2.46. The van der Waals surface area contributed by atoms with Crippen LogP contribution in [0.2, 0.25) is 0 Å². The van der Waals surface area contributed by atoms with Crippen molar-refractivity contribution in [3.63, 3.8) is 0 Å². The minimum absolute atomic E-state index is 0.208. The zero-order valence-electron chi connectivity index (χ0n) is 23.1. The van der Waals surface area contributed by atoms with Crippen molar-refractivity contribution in [3.05, 3.63) is 47.5 Å². The summed E-state index contributed by atoms with van der Waals surface area (Å²) in [5.41, 5.74) is 6.02. The number of rotatable bonds is 7. The van der Waals surface area contributed by atoms with E-state index in [1.54, 1.807) is 14.2 Å². The predicted molar refractivity (Wildman–Crippen MR) is 151 cm³/mol. The van der Waals surface area contributed by atoms with E-state index >= 15 is 0 Å². The highest BCUT2D eigenvalue weighted by Gasteiger charge is 2.27. The van der Waals surface area contributed by atoms with E-state index in [4.69, 9.17) is 9.47 Å². The van der Waals surface area contributed by atoms with Gasteiger partial charge in [-0.25, -0.2) is 0 Å². The van der Waals surface area contributed by atoms with Crippen molar-refractivity contribution in [2.24, 2.45) is 0 Å². The summed E-state index contributed by atoms with van der Waals surface area (Å²) in [4.78, 5) is 20.8. The number of nitrogens with one attached hydrogen (secondary N) is 1. The molecule has 2 N–H and O–H groups in total. The van der Waals surface area contributed by atoms with Crippen molar-refractivity contribution in [1.29, 1.82) is 0 Å². The number of aliphatic hydroxyl groups excluding tert-OH is 1. The number of carbonyl (C=O) groups is 1. The molecule has 2 fully saturated rings. The second kappa shape index (κ2) is 11.4. The Bertz CT molecular complexity index is 1270. The number of aromatic amines is 1. The van der Waals surface area contributed by atoms with Gasteiger partial charge in [-0.05, 0) is 79.0 Å². The summed E-state index contributed by atoms with van der Waals surface area (Å²) < 4.78 is 11.0. The van der Waals surface area contributed by atoms with Gasteiger partial charge < -0.3 is 24.5 Å². The molecule has 38 heavy (non-hydrogen) atoms. The molecule has 0 saturated carbocycles. The first-order valence-electron chi connectivity index (χ1n) is 13.9. The quantitative estimate of drug-likeness (QED) is 0.452. The Balaban J connectivity index is 1.32. The van der Waals surface area contributed by atoms with E-state index in [-0.39, 0.29) is 12.0 Å². The van der Waals surface area contributed by atoms with Crippen molar-refractivity contribution >= 4 is 16.8 Å². The fraction of sp³-hybridized carbons (Fsp3) is 0.516. The molecule has 2 aromatic carbocycles. The number of hydrogen-bond donors (Lipinski definition) is 2. The smallest absolute Gasteiger partial charge is 0.236 e. The van der Waals surface area contributed by atoms with Gasteiger partial charge in [-0.2, -0.15) is 0 Å². The van der Waals surface area contributed by atoms with Crippen LogP contribution in [0.1, 0.15) is 62.5 Å². The Kier molecular flexibility index (Phi) is 7.96. The number of amides is 1. The third kappa shape index (κ3) is 5.40. The van der Waals surface area contributed by atoms with Crippen LogP contribution in [0.3, 0.4) is 0 Å². The molecular weight excluding hydrogens is 478 g/mol. The molecule has 0 atom stereocenters. The predicted octanol–water partition coefficient (Wildman–Crippen LogP) is 5.14. The number of hydrogen-bond acceptors (Lipinski definition) is 5. The van der Waals surface area contributed by atoms with E-state index in [9.17, 15) is 9.90 Å². The number of ether oxygens (including phenoxy) is 2. The molecule has 3 aromatic rings. The van der Waals surface area contributed by atoms with Gasteiger partial charge in [0.15, 0.2) is 11.5 Å². The zero-order chi connectivity index (χ0) is 26.8. The molecule has 0 bridgehead atoms. The highest BCUT2D eigenvalue weighted by atomic mass is 16.5. The normalized spacial score (nSPS) is 17.9. The maximum atomic E-state index is 12.9. The van der Waals surface area contributed by atoms with E-state index in [0.717, 1.165) is 80.1 Å². The van der Waals surface area contributed by atoms with Crippen LogP contribution >= 0.6 is 0 Å². The molecule has 7 nitrogen and oxygen atoms in total. The second-order valence-corrected chi connectivity index (χ2v) is 11.1. The van der Waals surface area contributed by atoms with Crippen LogP contribution in [-0.2, 0) is 4.79 Å². The number of carbonyl (C=O) groups excluding carboxylic acids is 1. The minimum Gasteiger partial charge on any atom is -0.493 e. The van der Waals surface area contributed by atoms with E-state index in [2.05, 4.69) is 48.0 Å². The number of likely N-dealkylation sites (tertiary alicyclic amines) is 2. The van der Waals surface area contributed by atoms with E-state index in [1.165, 1.54) is 16.5 Å². The summed E-state index contributed by atoms with van der Waals surface area (Å²) in [6.45, 7) is 8.19. The van der Waals surface area contributed by atoms with Crippen LogP contribution in [0.25, 0.3) is 22.2 Å². The van der Waals surface area contributed by atoms with Gasteiger partial charge in [0.05, 0.1) is 32.6 Å². The summed E-state index contributed by atoms with van der Waals surface area (Å²) in [6, 6.07) is 12.9. The number of nitrogens with zero attached hydrogens (tertiary/aromatic N) is 2. The van der Waals surface area contributed by atoms with Gasteiger partial charge in [-0.15, -0.1) is 0 Å². The van der Waals surface area contributed by atoms with E-state index in [0.29, 0.717) is 18.4 Å². The molecule has 3 heterocycles. The van der Waals surface area contributed by atoms with Crippen molar-refractivity contribution in [2.75, 3.05) is 46.9 Å². The number of aliphatic hydroxyl groups is 1. The summed E-state index contributed by atoms with van der Waals surface area (Å²) in [5.74, 6) is 2.46. The van der Waals surface area contributed by atoms with Crippen LogP contribution in [0.5, 0.6) is 11.5 Å². The summed E-state index contributed by atoms with van der Waals surface area (Å²) >= 11 is 0. The highest BCUT2D eigenvalue weighted by molar-refractivity contribution is 5.92. The van der Waals surface area contributed by atoms with Crippen LogP contribution in [0.15, 0.2) is 36.4 Å². The Morgan fingerprint density at radius 3 is 2.34 bits per heavy atom. The molecule has 7 heteroatoms. The van der Waals surface area contributed by atoms with Crippen LogP contribution in [0, 0.1) is 0 Å². The lowest BCUT2D eigenvalue weighted by atomic mass is 9.87. The third-order valence-corrected chi connectivity index (χ3v) is 8.35. The molecule has 2 aliphatic heterocycles. The van der Waals surface area contributed by atoms with Gasteiger partial charge in [0.25, 0.3) is 0 Å². The van der Waals surface area contributed by atoms with E-state index in [1.807, 2.05) is 17.0 Å². The first-order valence-corrected chi connectivity index (χ1v) is 13.9. The Labute approximate surface area is 225 Å². The molecule has 0 radical (unpaired) electrons. The largest absolute Gasteiger partial charge is 0.493 e. The van der Waals surface area contributed by atoms with Gasteiger partial charge in [0, 0.05) is 42.6 Å². The fourth-order valence-electron chi connectivity index (χ4n) is 6.13. The number of piperidine rings is 2. The summed E-state index contributed by atoms with van der Waals surface area (Å²) in [6.07, 6.45) is 3.30. The van der Waals surface area contributed by atoms with Crippen molar-refractivity contribution in [3.8, 4) is 22.8 Å². The molecular formula is C31H41N3O4. The van der Waals surface area contributed by atoms with Crippen LogP contribution < -0.4 is 9.47 Å². The monoisotopic (exact) mass is 519 g/mol. The number of H-pyrrole nitrogens is 1. The van der Waals surface area contributed by atoms with Crippen molar-refractivity contribution in [1.82, 2.24) is 14.8 Å². The second-order valence-electron chi connectivity index (χ2n) is 11.1. The Hall–Kier alpha value is -3.03. The molecule has 0 unspecified atom stereocenters. The number of aromatic nitrogens is 1. The molecule has 1 amide bonds. The maximum Gasteiger partial charge on any atom is 0.236 e. The van der Waals surface area contributed by atoms with Gasteiger partial charge in [-0.3, -0.25) is 9.69 Å². The van der Waals surface area contributed by atoms with Crippen LogP contribution in [-0.4, -0.2) is 78.8 Å². The zero-order valence-corrected chi connectivity index (χ0v) is 23.1. The third-order valence-electron chi connectivity index (χ3n) is 8.35. The van der Waals surface area contributed by atoms with Gasteiger partial charge in [0.2, 0.25) is 5.91 Å². The first-order chi connectivity index (χ1) is 18.4. The Morgan fingerprint density at radius 1 is 0.974 bits per heavy atom. The minimum atomic E-state index is -0.208. The number of methoxy groups -OCH3 is 2. The molecule has 0 spiro atoms. The lowest BCUT2D eigenvalue weighted by molar-refractivity contribution is -0.134. The number of fused-ring (bicyclic) bond motifs is 1. The SMILES string of the molecule is COc1ccc(-c2[nH]c3ccc(C4CCN(C(=O)CN5CCC(O)CC5)CC4)cc3c2C(C)C)cc1OC. The fourth-order valence-corrected chi connectivity index (χ4v) is 6.13. The molecule has 1 aromatic heterocycles. The maximum absolute atomic E-state index is 12.9. The van der Waals surface area contributed by atoms with E-state index < -0.39 is 0 Å². The van der Waals surface area contributed by atoms with Gasteiger partial charge >= 0.3 is 0 Å². The van der Waals surface area contributed by atoms with Crippen LogP contribution in [0.4, 0.5) is 0 Å². The van der Waals surface area contributed by atoms with Gasteiger partial charge in [-0.1, -0.05) is 19.9 Å². The first kappa shape index (κ1) is 26.6. The standard InChI is InChI=1S/C31H41N3O4/c1-20(2)30-25-17-22(5-7-26(25)32-31(30)23-6-8-27(37-3)28(18-23)38-4)21-9-15-34(16-10-21)29(36)19-33-13-11-24(35)12-14-33/h5-8,17-18,20-21,24,32,35H,9-16,19H2,1-4H3.